The van der Waals surface area contributed by atoms with E-state index in [1.165, 1.54) is 97.1 Å². The fourth-order valence-corrected chi connectivity index (χ4v) is 8.37. The first-order valence-electron chi connectivity index (χ1n) is 24.5. The molecule has 2 aliphatic heterocycles. The van der Waals surface area contributed by atoms with Crippen LogP contribution in [0, 0.1) is 5.41 Å². The minimum absolute atomic E-state index is 0.00347. The highest BCUT2D eigenvalue weighted by Gasteiger charge is 2.59. The Morgan fingerprint density at radius 2 is 0.675 bits per heavy atom. The molecule has 80 heavy (non-hydrogen) atoms. The Kier molecular flexibility index (Phi) is 19.7. The smallest absolute Gasteiger partial charge is 0.338 e. The van der Waals surface area contributed by atoms with E-state index in [1.807, 2.05) is 0 Å². The second-order valence-electron chi connectivity index (χ2n) is 17.6. The first-order chi connectivity index (χ1) is 38.5. The first-order valence-corrected chi connectivity index (χ1v) is 25.6. The molecule has 6 aromatic rings. The molecule has 0 bridgehead atoms. The van der Waals surface area contributed by atoms with E-state index in [4.69, 9.17) is 92.3 Å². The average Bonchev–Trinajstić information content (AvgIpc) is 3.51. The summed E-state index contributed by atoms with van der Waals surface area (Å²) in [6, 6.07) is 45.5. The zero-order chi connectivity index (χ0) is 56.8. The zero-order valence-electron chi connectivity index (χ0n) is 42.0. The standard InChI is InChI=1S/C58H48Cl3NO18/c1-34(63)70-32-41-43(74-50(65)36-22-10-3-11-23-36)46(77-53(68)39-28-16-6-17-29-39)48(56(73-41)80-57(62)58(59,60)61)79-55-47(78-54(69)40-30-18-7-19-31-40)45(76-52(67)38-26-14-5-15-27-38)44(75-51(66)37-24-12-4-13-25-37)42(72-55)33-71-49(64)35-20-8-2-9-21-35/h2-31,41-48,55-56,62H,32-33H2,1H3/t41-,42-,43-,44-,45+,46+,47+,48+,55-,56-/m1/s1. The summed E-state index contributed by atoms with van der Waals surface area (Å²) >= 11 is 18.5. The lowest BCUT2D eigenvalue weighted by Crippen LogP contribution is -2.67. The van der Waals surface area contributed by atoms with E-state index in [0.29, 0.717) is 0 Å². The topological polar surface area (TPSA) is 245 Å². The number of hydrogen-bond acceptors (Lipinski definition) is 19. The average molecular weight is 1150 g/mol. The van der Waals surface area contributed by atoms with Crippen LogP contribution in [0.2, 0.25) is 0 Å². The van der Waals surface area contributed by atoms with Crippen LogP contribution in [-0.2, 0) is 56.9 Å². The number of esters is 7. The highest BCUT2D eigenvalue weighted by molar-refractivity contribution is 6.76. The zero-order valence-corrected chi connectivity index (χ0v) is 44.3. The van der Waals surface area contributed by atoms with Gasteiger partial charge in [0.05, 0.1) is 33.4 Å². The Balaban J connectivity index is 1.31. The molecule has 0 amide bonds. The third kappa shape index (κ3) is 15.1. The monoisotopic (exact) mass is 1150 g/mol. The van der Waals surface area contributed by atoms with Crippen LogP contribution in [0.25, 0.3) is 0 Å². The van der Waals surface area contributed by atoms with Crippen LogP contribution < -0.4 is 0 Å². The van der Waals surface area contributed by atoms with E-state index < -0.39 is 126 Å². The minimum Gasteiger partial charge on any atom is -0.463 e. The molecule has 0 aliphatic carbocycles. The molecular formula is C58H48Cl3NO18. The Bertz CT molecular complexity index is 3100. The third-order valence-corrected chi connectivity index (χ3v) is 12.6. The number of carbonyl (C=O) groups is 7. The van der Waals surface area contributed by atoms with Gasteiger partial charge in [-0.25, -0.2) is 28.8 Å². The molecule has 0 spiro atoms. The number of alkyl halides is 3. The van der Waals surface area contributed by atoms with Gasteiger partial charge >= 0.3 is 41.8 Å². The molecule has 2 saturated heterocycles. The Morgan fingerprint density at radius 1 is 0.388 bits per heavy atom. The van der Waals surface area contributed by atoms with E-state index in [-0.39, 0.29) is 33.4 Å². The van der Waals surface area contributed by atoms with Gasteiger partial charge in [0, 0.05) is 6.92 Å². The fraction of sp³-hybridized carbons (Fsp3) is 0.241. The molecule has 0 radical (unpaired) electrons. The molecular weight excluding hydrogens is 1100 g/mol. The lowest BCUT2D eigenvalue weighted by molar-refractivity contribution is -0.356. The number of halogens is 3. The molecule has 6 aromatic carbocycles. The Hall–Kier alpha value is -8.17. The molecule has 414 valence electrons. The number of rotatable bonds is 18. The molecule has 2 fully saturated rings. The van der Waals surface area contributed by atoms with Gasteiger partial charge in [-0.3, -0.25) is 10.2 Å². The predicted octanol–water partition coefficient (Wildman–Crippen LogP) is 8.73. The summed E-state index contributed by atoms with van der Waals surface area (Å²) in [5.74, 6) is -8.04. The van der Waals surface area contributed by atoms with Crippen LogP contribution in [0.5, 0.6) is 0 Å². The summed E-state index contributed by atoms with van der Waals surface area (Å²) in [5, 5.41) is 8.73. The normalized spacial score (nSPS) is 22.4. The van der Waals surface area contributed by atoms with Crippen molar-refractivity contribution < 1.29 is 85.7 Å². The van der Waals surface area contributed by atoms with Crippen LogP contribution in [0.15, 0.2) is 182 Å². The van der Waals surface area contributed by atoms with Crippen LogP contribution in [-0.4, -0.2) is 126 Å². The molecule has 0 aromatic heterocycles. The maximum absolute atomic E-state index is 14.5. The van der Waals surface area contributed by atoms with Gasteiger partial charge in [-0.1, -0.05) is 144 Å². The summed E-state index contributed by atoms with van der Waals surface area (Å²) in [5.41, 5.74) is -0.0294. The van der Waals surface area contributed by atoms with Gasteiger partial charge in [-0.05, 0) is 72.8 Å². The highest BCUT2D eigenvalue weighted by atomic mass is 35.6. The van der Waals surface area contributed by atoms with Gasteiger partial charge in [0.2, 0.25) is 12.2 Å². The molecule has 2 heterocycles. The summed E-state index contributed by atoms with van der Waals surface area (Å²) in [6.45, 7) is -0.450. The van der Waals surface area contributed by atoms with Gasteiger partial charge in [0.1, 0.15) is 25.4 Å². The molecule has 10 atom stereocenters. The molecule has 1 N–H and O–H groups in total. The van der Waals surface area contributed by atoms with Gasteiger partial charge in [-0.2, -0.15) is 0 Å². The summed E-state index contributed by atoms with van der Waals surface area (Å²) in [4.78, 5) is 97.9. The quantitative estimate of drug-likeness (QED) is 0.0278. The van der Waals surface area contributed by atoms with Crippen LogP contribution in [0.3, 0.4) is 0 Å². The van der Waals surface area contributed by atoms with Crippen molar-refractivity contribution in [3.8, 4) is 0 Å². The molecule has 22 heteroatoms. The molecule has 19 nitrogen and oxygen atoms in total. The number of hydrogen-bond donors (Lipinski definition) is 1. The first kappa shape index (κ1) is 58.0. The Morgan fingerprint density at radius 3 is 1.01 bits per heavy atom. The van der Waals surface area contributed by atoms with Crippen LogP contribution in [0.1, 0.15) is 69.1 Å². The van der Waals surface area contributed by atoms with Gasteiger partial charge in [0.25, 0.3) is 3.79 Å². The van der Waals surface area contributed by atoms with Crippen molar-refractivity contribution in [3.05, 3.63) is 215 Å². The fourth-order valence-electron chi connectivity index (χ4n) is 8.23. The number of ether oxygens (including phenoxy) is 11. The van der Waals surface area contributed by atoms with E-state index >= 15 is 0 Å². The van der Waals surface area contributed by atoms with Gasteiger partial charge in [0.15, 0.2) is 42.9 Å². The Labute approximate surface area is 472 Å². The highest BCUT2D eigenvalue weighted by Crippen LogP contribution is 2.38. The van der Waals surface area contributed by atoms with Crippen molar-refractivity contribution in [2.24, 2.45) is 0 Å². The van der Waals surface area contributed by atoms with E-state index in [0.717, 1.165) is 6.92 Å². The third-order valence-electron chi connectivity index (χ3n) is 12.1. The maximum atomic E-state index is 14.5. The largest absolute Gasteiger partial charge is 0.463 e. The van der Waals surface area contributed by atoms with Crippen molar-refractivity contribution in [3.63, 3.8) is 0 Å². The SMILES string of the molecule is CC(=O)OC[C@H]1O[C@H](OC(=N)C(Cl)(Cl)Cl)[C@@H](O[C@H]2O[C@H](COC(=O)c3ccccc3)[C@@H](OC(=O)c3ccccc3)[C@H](OC(=O)c3ccccc3)[C@@H]2OC(=O)c2ccccc2)[C@@H](OC(=O)c2ccccc2)[C@@H]1OC(=O)c1ccccc1. The van der Waals surface area contributed by atoms with E-state index in [2.05, 4.69) is 0 Å². The van der Waals surface area contributed by atoms with Crippen molar-refractivity contribution in [1.82, 2.24) is 0 Å². The van der Waals surface area contributed by atoms with E-state index in [9.17, 15) is 33.6 Å². The molecule has 2 aliphatic rings. The number of benzene rings is 6. The van der Waals surface area contributed by atoms with Crippen molar-refractivity contribution >= 4 is 82.5 Å². The molecule has 0 saturated carbocycles. The lowest BCUT2D eigenvalue weighted by atomic mass is 9.95. The number of carbonyl (C=O) groups excluding carboxylic acids is 7. The van der Waals surface area contributed by atoms with Crippen molar-refractivity contribution in [2.45, 2.75) is 72.1 Å². The molecule has 0 unspecified atom stereocenters. The number of nitrogens with one attached hydrogen (secondary N) is 1. The van der Waals surface area contributed by atoms with Crippen molar-refractivity contribution in [1.29, 1.82) is 5.41 Å². The minimum atomic E-state index is -2.62. The summed E-state index contributed by atoms with van der Waals surface area (Å²) in [6.07, 6.45) is -19.6. The van der Waals surface area contributed by atoms with Gasteiger partial charge < -0.3 is 52.1 Å². The second-order valence-corrected chi connectivity index (χ2v) is 19.9. The predicted molar refractivity (Wildman–Crippen MR) is 283 cm³/mol. The lowest BCUT2D eigenvalue weighted by Gasteiger charge is -2.48. The van der Waals surface area contributed by atoms with E-state index in [1.54, 1.807) is 84.9 Å². The van der Waals surface area contributed by atoms with Crippen LogP contribution >= 0.6 is 34.8 Å². The second kappa shape index (κ2) is 27.1. The van der Waals surface area contributed by atoms with Crippen molar-refractivity contribution in [2.75, 3.05) is 13.2 Å². The molecule has 8 rings (SSSR count). The summed E-state index contributed by atoms with van der Waals surface area (Å²) < 4.78 is 65.2. The summed E-state index contributed by atoms with van der Waals surface area (Å²) in [7, 11) is 0. The van der Waals surface area contributed by atoms with Gasteiger partial charge in [-0.15, -0.1) is 0 Å². The van der Waals surface area contributed by atoms with Crippen LogP contribution in [0.4, 0.5) is 0 Å². The maximum Gasteiger partial charge on any atom is 0.338 e.